The number of benzene rings is 2. The molecule has 37 heavy (non-hydrogen) atoms. The number of pyridine rings is 1. The van der Waals surface area contributed by atoms with E-state index in [9.17, 15) is 19.2 Å². The zero-order valence-corrected chi connectivity index (χ0v) is 20.8. The average molecular weight is 517 g/mol. The second kappa shape index (κ2) is 9.78. The molecule has 3 aliphatic rings. The van der Waals surface area contributed by atoms with Crippen LogP contribution in [0, 0.1) is 5.92 Å². The molecule has 1 fully saturated rings. The lowest BCUT2D eigenvalue weighted by Crippen LogP contribution is -2.49. The maximum absolute atomic E-state index is 13.9. The molecule has 0 bridgehead atoms. The molecule has 1 aromatic heterocycles. The van der Waals surface area contributed by atoms with Gasteiger partial charge in [0.15, 0.2) is 0 Å². The van der Waals surface area contributed by atoms with Crippen LogP contribution >= 0.6 is 12.4 Å². The number of imide groups is 1. The Labute approximate surface area is 220 Å². The van der Waals surface area contributed by atoms with Crippen LogP contribution in [-0.4, -0.2) is 46.1 Å². The number of halogens is 1. The van der Waals surface area contributed by atoms with Gasteiger partial charge in [-0.15, -0.1) is 12.4 Å². The molecule has 0 unspecified atom stereocenters. The summed E-state index contributed by atoms with van der Waals surface area (Å²) >= 11 is 0. The molecule has 1 aliphatic carbocycles. The van der Waals surface area contributed by atoms with E-state index < -0.39 is 11.8 Å². The summed E-state index contributed by atoms with van der Waals surface area (Å²) in [7, 11) is 0. The van der Waals surface area contributed by atoms with E-state index in [2.05, 4.69) is 4.98 Å². The molecule has 0 N–H and O–H groups in total. The standard InChI is InChI=1S/C28H24N4O4.ClH/c33-25(17-31-26(34)19-9-1-2-10-20(19)27(31)35)32-22-14-7-11-21(22)28(36)30(16-18-8-5-6-15-29-18)23-12-3-4-13-24(23)32;/h1-6,8-10,12-13,15,21-22H,7,11,14,16-17H2;1H/t21-,22+;/m0./s1. The summed E-state index contributed by atoms with van der Waals surface area (Å²) in [6, 6.07) is 19.2. The first-order chi connectivity index (χ1) is 17.5. The van der Waals surface area contributed by atoms with Crippen molar-refractivity contribution in [1.29, 1.82) is 0 Å². The molecule has 3 aromatic rings. The summed E-state index contributed by atoms with van der Waals surface area (Å²) in [4.78, 5) is 62.3. The zero-order valence-electron chi connectivity index (χ0n) is 19.9. The van der Waals surface area contributed by atoms with E-state index in [1.54, 1.807) is 40.3 Å². The molecule has 188 valence electrons. The van der Waals surface area contributed by atoms with Gasteiger partial charge in [0.2, 0.25) is 11.8 Å². The van der Waals surface area contributed by atoms with Gasteiger partial charge in [-0.1, -0.05) is 36.8 Å². The molecular weight excluding hydrogens is 492 g/mol. The van der Waals surface area contributed by atoms with Gasteiger partial charge in [0, 0.05) is 12.2 Å². The summed E-state index contributed by atoms with van der Waals surface area (Å²) in [5, 5.41) is 0. The van der Waals surface area contributed by atoms with Gasteiger partial charge >= 0.3 is 0 Å². The lowest BCUT2D eigenvalue weighted by atomic mass is 10.0. The van der Waals surface area contributed by atoms with Crippen molar-refractivity contribution in [2.24, 2.45) is 5.92 Å². The number of carbonyl (C=O) groups excluding carboxylic acids is 4. The van der Waals surface area contributed by atoms with Crippen LogP contribution in [0.3, 0.4) is 0 Å². The summed E-state index contributed by atoms with van der Waals surface area (Å²) < 4.78 is 0. The number of rotatable bonds is 4. The van der Waals surface area contributed by atoms with Crippen LogP contribution < -0.4 is 9.80 Å². The summed E-state index contributed by atoms with van der Waals surface area (Å²) in [5.41, 5.74) is 2.60. The SMILES string of the molecule is Cl.O=C1c2ccccc2C(=O)N1CC(=O)N1c2ccccc2N(Cc2ccccn2)C(=O)[C@H]2CCC[C@H]21. The first kappa shape index (κ1) is 24.6. The van der Waals surface area contributed by atoms with Crippen molar-refractivity contribution in [3.05, 3.63) is 89.7 Å². The summed E-state index contributed by atoms with van der Waals surface area (Å²) in [6.45, 7) is -0.0846. The third kappa shape index (κ3) is 4.07. The lowest BCUT2D eigenvalue weighted by molar-refractivity contribution is -0.123. The smallest absolute Gasteiger partial charge is 0.262 e. The van der Waals surface area contributed by atoms with Gasteiger partial charge in [-0.05, 0) is 49.2 Å². The highest BCUT2D eigenvalue weighted by Crippen LogP contribution is 2.43. The van der Waals surface area contributed by atoms with Crippen LogP contribution in [0.5, 0.6) is 0 Å². The van der Waals surface area contributed by atoms with Crippen LogP contribution in [0.15, 0.2) is 72.9 Å². The van der Waals surface area contributed by atoms with Gasteiger partial charge in [-0.2, -0.15) is 0 Å². The van der Waals surface area contributed by atoms with Crippen LogP contribution in [0.1, 0.15) is 45.7 Å². The minimum Gasteiger partial charge on any atom is -0.305 e. The van der Waals surface area contributed by atoms with E-state index in [0.717, 1.165) is 17.0 Å². The molecule has 2 aliphatic heterocycles. The second-order valence-corrected chi connectivity index (χ2v) is 9.34. The minimum atomic E-state index is -0.470. The number of hydrogen-bond donors (Lipinski definition) is 0. The fourth-order valence-corrected chi connectivity index (χ4v) is 5.66. The Morgan fingerprint density at radius 2 is 1.46 bits per heavy atom. The van der Waals surface area contributed by atoms with Crippen LogP contribution in [0.4, 0.5) is 11.4 Å². The Morgan fingerprint density at radius 3 is 2.14 bits per heavy atom. The van der Waals surface area contributed by atoms with E-state index in [1.807, 2.05) is 42.5 Å². The van der Waals surface area contributed by atoms with Gasteiger partial charge in [-0.25, -0.2) is 0 Å². The molecule has 2 aromatic carbocycles. The highest BCUT2D eigenvalue weighted by molar-refractivity contribution is 6.23. The summed E-state index contributed by atoms with van der Waals surface area (Å²) in [5.74, 6) is -1.72. The minimum absolute atomic E-state index is 0. The number of carbonyl (C=O) groups is 4. The predicted octanol–water partition coefficient (Wildman–Crippen LogP) is 3.85. The topological polar surface area (TPSA) is 90.9 Å². The lowest BCUT2D eigenvalue weighted by Gasteiger charge is -2.31. The van der Waals surface area contributed by atoms with E-state index in [-0.39, 0.29) is 42.7 Å². The third-order valence-electron chi connectivity index (χ3n) is 7.31. The number of hydrogen-bond acceptors (Lipinski definition) is 5. The largest absolute Gasteiger partial charge is 0.305 e. The monoisotopic (exact) mass is 516 g/mol. The molecule has 0 saturated heterocycles. The fraction of sp³-hybridized carbons (Fsp3) is 0.250. The number of aromatic nitrogens is 1. The Balaban J connectivity index is 0.00000280. The number of anilines is 2. The van der Waals surface area contributed by atoms with Crippen LogP contribution in [-0.2, 0) is 16.1 Å². The molecule has 1 saturated carbocycles. The quantitative estimate of drug-likeness (QED) is 0.491. The highest BCUT2D eigenvalue weighted by atomic mass is 35.5. The highest BCUT2D eigenvalue weighted by Gasteiger charge is 2.47. The van der Waals surface area contributed by atoms with Gasteiger partial charge in [-0.3, -0.25) is 29.1 Å². The molecule has 9 heteroatoms. The van der Waals surface area contributed by atoms with Crippen molar-refractivity contribution in [2.45, 2.75) is 31.8 Å². The normalized spacial score (nSPS) is 20.2. The number of fused-ring (bicyclic) bond motifs is 3. The number of amides is 4. The van der Waals surface area contributed by atoms with Crippen molar-refractivity contribution in [3.63, 3.8) is 0 Å². The summed E-state index contributed by atoms with van der Waals surface area (Å²) in [6.07, 6.45) is 3.86. The Hall–Kier alpha value is -4.04. The van der Waals surface area contributed by atoms with Crippen LogP contribution in [0.2, 0.25) is 0 Å². The maximum Gasteiger partial charge on any atom is 0.262 e. The molecule has 3 heterocycles. The maximum atomic E-state index is 13.9. The van der Waals surface area contributed by atoms with Gasteiger partial charge in [0.05, 0.1) is 40.7 Å². The van der Waals surface area contributed by atoms with Crippen molar-refractivity contribution >= 4 is 47.4 Å². The van der Waals surface area contributed by atoms with Gasteiger partial charge in [0.1, 0.15) is 6.54 Å². The molecule has 0 spiro atoms. The average Bonchev–Trinajstić information content (AvgIpc) is 3.45. The van der Waals surface area contributed by atoms with Crippen molar-refractivity contribution in [3.8, 4) is 0 Å². The van der Waals surface area contributed by atoms with Gasteiger partial charge < -0.3 is 9.80 Å². The Bertz CT molecular complexity index is 1360. The Morgan fingerprint density at radius 1 is 0.811 bits per heavy atom. The predicted molar refractivity (Wildman–Crippen MR) is 140 cm³/mol. The van der Waals surface area contributed by atoms with E-state index >= 15 is 0 Å². The van der Waals surface area contributed by atoms with E-state index in [1.165, 1.54) is 0 Å². The van der Waals surface area contributed by atoms with Gasteiger partial charge in [0.25, 0.3) is 11.8 Å². The zero-order chi connectivity index (χ0) is 24.8. The molecule has 4 amide bonds. The molecule has 0 radical (unpaired) electrons. The van der Waals surface area contributed by atoms with Crippen molar-refractivity contribution < 1.29 is 19.2 Å². The molecule has 6 rings (SSSR count). The fourth-order valence-electron chi connectivity index (χ4n) is 5.66. The second-order valence-electron chi connectivity index (χ2n) is 9.34. The number of nitrogens with zero attached hydrogens (tertiary/aromatic N) is 4. The van der Waals surface area contributed by atoms with Crippen LogP contribution in [0.25, 0.3) is 0 Å². The first-order valence-electron chi connectivity index (χ1n) is 12.1. The van der Waals surface area contributed by atoms with Crippen molar-refractivity contribution in [1.82, 2.24) is 9.88 Å². The number of para-hydroxylation sites is 2. The van der Waals surface area contributed by atoms with E-state index in [4.69, 9.17) is 0 Å². The third-order valence-corrected chi connectivity index (χ3v) is 7.31. The first-order valence-corrected chi connectivity index (χ1v) is 12.1. The molecule has 2 atom stereocenters. The Kier molecular flexibility index (Phi) is 6.52. The van der Waals surface area contributed by atoms with Crippen molar-refractivity contribution in [2.75, 3.05) is 16.3 Å². The molecule has 8 nitrogen and oxygen atoms in total. The molecular formula is C28H25ClN4O4. The van der Waals surface area contributed by atoms with E-state index in [0.29, 0.717) is 41.9 Å².